The quantitative estimate of drug-likeness (QED) is 0.767. The maximum absolute atomic E-state index is 12.4. The normalized spacial score (nSPS) is 21.3. The second-order valence-corrected chi connectivity index (χ2v) is 4.46. The van der Waals surface area contributed by atoms with E-state index in [-0.39, 0.29) is 5.91 Å². The number of benzene rings is 1. The van der Waals surface area contributed by atoms with E-state index >= 15 is 0 Å². The Morgan fingerprint density at radius 2 is 2.12 bits per heavy atom. The van der Waals surface area contributed by atoms with Crippen LogP contribution in [0.3, 0.4) is 0 Å². The van der Waals surface area contributed by atoms with Crippen LogP contribution in [0, 0.1) is 0 Å². The summed E-state index contributed by atoms with van der Waals surface area (Å²) < 4.78 is 11.1. The third-order valence-electron chi connectivity index (χ3n) is 3.14. The van der Waals surface area contributed by atoms with Gasteiger partial charge in [-0.2, -0.15) is 0 Å². The van der Waals surface area contributed by atoms with Crippen molar-refractivity contribution in [1.82, 2.24) is 0 Å². The molecule has 1 spiro atoms. The van der Waals surface area contributed by atoms with E-state index in [9.17, 15) is 4.79 Å². The van der Waals surface area contributed by atoms with Crippen molar-refractivity contribution in [3.63, 3.8) is 0 Å². The van der Waals surface area contributed by atoms with Crippen LogP contribution in [0.15, 0.2) is 18.2 Å². The SMILES string of the molecule is CCN1C(=O)C2(OCCO2)c2cc(Cl)ccc21. The Morgan fingerprint density at radius 3 is 2.76 bits per heavy atom. The summed E-state index contributed by atoms with van der Waals surface area (Å²) in [7, 11) is 0. The van der Waals surface area contributed by atoms with Gasteiger partial charge >= 0.3 is 0 Å². The van der Waals surface area contributed by atoms with Gasteiger partial charge in [-0.1, -0.05) is 11.6 Å². The predicted molar refractivity (Wildman–Crippen MR) is 63.1 cm³/mol. The molecular weight excluding hydrogens is 242 g/mol. The number of amides is 1. The molecule has 0 unspecified atom stereocenters. The van der Waals surface area contributed by atoms with E-state index in [4.69, 9.17) is 21.1 Å². The number of hydrogen-bond donors (Lipinski definition) is 0. The van der Waals surface area contributed by atoms with E-state index in [2.05, 4.69) is 0 Å². The van der Waals surface area contributed by atoms with Gasteiger partial charge in [0, 0.05) is 17.1 Å². The van der Waals surface area contributed by atoms with Gasteiger partial charge < -0.3 is 14.4 Å². The molecule has 2 aliphatic rings. The number of likely N-dealkylation sites (N-methyl/N-ethyl adjacent to an activating group) is 1. The zero-order valence-corrected chi connectivity index (χ0v) is 10.2. The van der Waals surface area contributed by atoms with E-state index in [0.29, 0.717) is 30.3 Å². The molecule has 4 nitrogen and oxygen atoms in total. The Bertz CT molecular complexity index is 483. The highest BCUT2D eigenvalue weighted by atomic mass is 35.5. The molecule has 2 aliphatic heterocycles. The Kier molecular flexibility index (Phi) is 2.40. The Hall–Kier alpha value is -1.10. The molecule has 1 aromatic rings. The van der Waals surface area contributed by atoms with Gasteiger partial charge in [0.2, 0.25) is 0 Å². The van der Waals surface area contributed by atoms with Crippen LogP contribution in [0.2, 0.25) is 5.02 Å². The number of rotatable bonds is 1. The fraction of sp³-hybridized carbons (Fsp3) is 0.417. The zero-order chi connectivity index (χ0) is 12.0. The molecule has 17 heavy (non-hydrogen) atoms. The van der Waals surface area contributed by atoms with Crippen molar-refractivity contribution in [2.24, 2.45) is 0 Å². The molecule has 1 fully saturated rings. The van der Waals surface area contributed by atoms with Crippen LogP contribution in [0.1, 0.15) is 12.5 Å². The summed E-state index contributed by atoms with van der Waals surface area (Å²) in [4.78, 5) is 14.0. The number of anilines is 1. The molecule has 1 saturated heterocycles. The first-order valence-corrected chi connectivity index (χ1v) is 5.97. The van der Waals surface area contributed by atoms with Crippen molar-refractivity contribution in [3.05, 3.63) is 28.8 Å². The minimum atomic E-state index is -1.25. The average Bonchev–Trinajstić information content (AvgIpc) is 2.88. The van der Waals surface area contributed by atoms with Crippen molar-refractivity contribution in [2.45, 2.75) is 12.7 Å². The number of fused-ring (bicyclic) bond motifs is 2. The van der Waals surface area contributed by atoms with Crippen molar-refractivity contribution in [2.75, 3.05) is 24.7 Å². The van der Waals surface area contributed by atoms with Gasteiger partial charge in [-0.25, -0.2) is 0 Å². The van der Waals surface area contributed by atoms with Gasteiger partial charge in [-0.3, -0.25) is 4.79 Å². The van der Waals surface area contributed by atoms with Crippen molar-refractivity contribution >= 4 is 23.2 Å². The predicted octanol–water partition coefficient (Wildman–Crippen LogP) is 1.91. The second kappa shape index (κ2) is 3.70. The summed E-state index contributed by atoms with van der Waals surface area (Å²) >= 11 is 5.98. The Balaban J connectivity index is 2.21. The number of halogens is 1. The van der Waals surface area contributed by atoms with Gasteiger partial charge in [0.1, 0.15) is 0 Å². The highest BCUT2D eigenvalue weighted by molar-refractivity contribution is 6.31. The van der Waals surface area contributed by atoms with E-state index in [1.54, 1.807) is 17.0 Å². The van der Waals surface area contributed by atoms with Crippen LogP contribution in [0.4, 0.5) is 5.69 Å². The lowest BCUT2D eigenvalue weighted by molar-refractivity contribution is -0.180. The fourth-order valence-corrected chi connectivity index (χ4v) is 2.59. The largest absolute Gasteiger partial charge is 0.336 e. The Labute approximate surface area is 104 Å². The lowest BCUT2D eigenvalue weighted by Gasteiger charge is -2.21. The molecule has 90 valence electrons. The molecule has 0 atom stereocenters. The average molecular weight is 254 g/mol. The monoisotopic (exact) mass is 253 g/mol. The van der Waals surface area contributed by atoms with E-state index in [1.807, 2.05) is 13.0 Å². The molecule has 0 radical (unpaired) electrons. The smallest absolute Gasteiger partial charge is 0.292 e. The highest BCUT2D eigenvalue weighted by Gasteiger charge is 2.55. The van der Waals surface area contributed by atoms with Crippen molar-refractivity contribution in [1.29, 1.82) is 0 Å². The van der Waals surface area contributed by atoms with Crippen molar-refractivity contribution in [3.8, 4) is 0 Å². The zero-order valence-electron chi connectivity index (χ0n) is 9.40. The van der Waals surface area contributed by atoms with E-state index in [0.717, 1.165) is 5.69 Å². The molecule has 0 aliphatic carbocycles. The first-order valence-electron chi connectivity index (χ1n) is 5.59. The topological polar surface area (TPSA) is 38.8 Å². The summed E-state index contributed by atoms with van der Waals surface area (Å²) in [5.41, 5.74) is 1.54. The van der Waals surface area contributed by atoms with Gasteiger partial charge in [-0.05, 0) is 25.1 Å². The lowest BCUT2D eigenvalue weighted by atomic mass is 10.1. The maximum atomic E-state index is 12.4. The van der Waals surface area contributed by atoms with Crippen LogP contribution < -0.4 is 4.90 Å². The van der Waals surface area contributed by atoms with Crippen LogP contribution in [0.5, 0.6) is 0 Å². The first-order chi connectivity index (χ1) is 8.19. The highest BCUT2D eigenvalue weighted by Crippen LogP contribution is 2.46. The molecule has 0 N–H and O–H groups in total. The molecule has 0 aromatic heterocycles. The van der Waals surface area contributed by atoms with E-state index in [1.165, 1.54) is 0 Å². The first kappa shape index (κ1) is 11.0. The summed E-state index contributed by atoms with van der Waals surface area (Å²) in [5.74, 6) is -1.41. The summed E-state index contributed by atoms with van der Waals surface area (Å²) in [6, 6.07) is 5.35. The number of ether oxygens (including phenoxy) is 2. The van der Waals surface area contributed by atoms with Crippen LogP contribution in [-0.4, -0.2) is 25.7 Å². The summed E-state index contributed by atoms with van der Waals surface area (Å²) in [6.45, 7) is 3.36. The number of carbonyl (C=O) groups excluding carboxylic acids is 1. The fourth-order valence-electron chi connectivity index (χ4n) is 2.41. The lowest BCUT2D eigenvalue weighted by Crippen LogP contribution is -2.41. The molecule has 1 aromatic carbocycles. The number of carbonyl (C=O) groups is 1. The molecule has 3 rings (SSSR count). The standard InChI is InChI=1S/C12H12ClNO3/c1-2-14-10-4-3-8(13)7-9(10)12(11(14)15)16-5-6-17-12/h3-4,7H,2,5-6H2,1H3. The number of nitrogens with zero attached hydrogens (tertiary/aromatic N) is 1. The molecule has 0 saturated carbocycles. The second-order valence-electron chi connectivity index (χ2n) is 4.02. The van der Waals surface area contributed by atoms with Gasteiger partial charge in [0.25, 0.3) is 11.7 Å². The Morgan fingerprint density at radius 1 is 1.41 bits per heavy atom. The van der Waals surface area contributed by atoms with Gasteiger partial charge in [0.05, 0.1) is 18.9 Å². The van der Waals surface area contributed by atoms with Crippen LogP contribution in [-0.2, 0) is 20.1 Å². The van der Waals surface area contributed by atoms with Gasteiger partial charge in [-0.15, -0.1) is 0 Å². The minimum absolute atomic E-state index is 0.158. The van der Waals surface area contributed by atoms with Crippen LogP contribution >= 0.6 is 11.6 Å². The molecular formula is C12H12ClNO3. The molecule has 2 heterocycles. The maximum Gasteiger partial charge on any atom is 0.292 e. The van der Waals surface area contributed by atoms with Crippen molar-refractivity contribution < 1.29 is 14.3 Å². The summed E-state index contributed by atoms with van der Waals surface area (Å²) in [6.07, 6.45) is 0. The third kappa shape index (κ3) is 1.35. The molecule has 1 amide bonds. The summed E-state index contributed by atoms with van der Waals surface area (Å²) in [5, 5.41) is 0.577. The number of hydrogen-bond acceptors (Lipinski definition) is 3. The molecule has 5 heteroatoms. The minimum Gasteiger partial charge on any atom is -0.336 e. The van der Waals surface area contributed by atoms with Gasteiger partial charge in [0.15, 0.2) is 0 Å². The van der Waals surface area contributed by atoms with E-state index < -0.39 is 5.79 Å². The molecule has 0 bridgehead atoms. The van der Waals surface area contributed by atoms with Crippen LogP contribution in [0.25, 0.3) is 0 Å². The third-order valence-corrected chi connectivity index (χ3v) is 3.38.